The maximum Gasteiger partial charge on any atom is 0.239 e. The molecule has 0 saturated carbocycles. The lowest BCUT2D eigenvalue weighted by Gasteiger charge is -2.39. The van der Waals surface area contributed by atoms with E-state index in [1.165, 1.54) is 22.5 Å². The third kappa shape index (κ3) is 4.54. The lowest BCUT2D eigenvalue weighted by atomic mass is 10.1. The van der Waals surface area contributed by atoms with E-state index in [0.717, 1.165) is 16.1 Å². The van der Waals surface area contributed by atoms with E-state index < -0.39 is 0 Å². The van der Waals surface area contributed by atoms with Crippen molar-refractivity contribution in [2.24, 2.45) is 0 Å². The number of likely N-dealkylation sites (N-methyl/N-ethyl adjacent to an activating group) is 1. The van der Waals surface area contributed by atoms with Gasteiger partial charge in [-0.1, -0.05) is 24.3 Å². The van der Waals surface area contributed by atoms with Crippen molar-refractivity contribution in [3.8, 4) is 5.69 Å². The summed E-state index contributed by atoms with van der Waals surface area (Å²) in [5.74, 6) is 0.423. The minimum absolute atomic E-state index is 0.0132. The Morgan fingerprint density at radius 1 is 1.16 bits per heavy atom. The first-order chi connectivity index (χ1) is 18.0. The lowest BCUT2D eigenvalue weighted by molar-refractivity contribution is -0.126. The first-order valence-corrected chi connectivity index (χ1v) is 13.0. The molecule has 5 aromatic rings. The Balaban J connectivity index is 1.21. The van der Waals surface area contributed by atoms with E-state index >= 15 is 0 Å². The van der Waals surface area contributed by atoms with Crippen LogP contribution < -0.4 is 10.2 Å². The molecule has 6 rings (SSSR count). The number of aryl methyl sites for hydroxylation is 1. The van der Waals surface area contributed by atoms with Crippen LogP contribution in [-0.2, 0) is 11.3 Å². The molecule has 0 bridgehead atoms. The fraction of sp³-hybridized carbons (Fsp3) is 0.259. The molecule has 10 heteroatoms. The summed E-state index contributed by atoms with van der Waals surface area (Å²) >= 11 is 1.70. The summed E-state index contributed by atoms with van der Waals surface area (Å²) in [6, 6.07) is 15.1. The zero-order chi connectivity index (χ0) is 25.5. The van der Waals surface area contributed by atoms with Crippen LogP contribution in [0.15, 0.2) is 61.1 Å². The standard InChI is InChI=1S/C27H26FN7OS/c1-17-7-8-19(12-22(17)28)35-14-21-25(32-35)30-16-31-26(21)34-10-9-33(2)23(15-34)27(36)29-13-20-11-18-5-3-4-6-24(18)37-20/h3-8,11-12,14,16,23H,9-10,13,15H2,1-2H3,(H,29,36). The quantitative estimate of drug-likeness (QED) is 0.382. The number of amides is 1. The van der Waals surface area contributed by atoms with Crippen LogP contribution in [0.3, 0.4) is 0 Å². The third-order valence-corrected chi connectivity index (χ3v) is 8.00. The van der Waals surface area contributed by atoms with E-state index in [9.17, 15) is 9.18 Å². The Hall–Kier alpha value is -3.89. The van der Waals surface area contributed by atoms with Crippen molar-refractivity contribution < 1.29 is 9.18 Å². The number of carbonyl (C=O) groups is 1. The van der Waals surface area contributed by atoms with Crippen LogP contribution in [0.4, 0.5) is 10.2 Å². The first-order valence-electron chi connectivity index (χ1n) is 12.1. The summed E-state index contributed by atoms with van der Waals surface area (Å²) < 4.78 is 17.0. The topological polar surface area (TPSA) is 79.2 Å². The Morgan fingerprint density at radius 3 is 2.86 bits per heavy atom. The number of nitrogens with zero attached hydrogens (tertiary/aromatic N) is 6. The molecular weight excluding hydrogens is 489 g/mol. The summed E-state index contributed by atoms with van der Waals surface area (Å²) in [6.45, 7) is 4.15. The van der Waals surface area contributed by atoms with Crippen LogP contribution in [0.2, 0.25) is 0 Å². The van der Waals surface area contributed by atoms with E-state index in [1.54, 1.807) is 29.0 Å². The molecule has 1 unspecified atom stereocenters. The predicted octanol–water partition coefficient (Wildman–Crippen LogP) is 3.91. The Kier molecular flexibility index (Phi) is 6.05. The number of carbonyl (C=O) groups excluding carboxylic acids is 1. The van der Waals surface area contributed by atoms with E-state index in [4.69, 9.17) is 0 Å². The van der Waals surface area contributed by atoms with Gasteiger partial charge in [-0.15, -0.1) is 16.4 Å². The van der Waals surface area contributed by atoms with Gasteiger partial charge < -0.3 is 10.2 Å². The number of fused-ring (bicyclic) bond motifs is 2. The predicted molar refractivity (Wildman–Crippen MR) is 144 cm³/mol. The number of hydrogen-bond donors (Lipinski definition) is 1. The van der Waals surface area contributed by atoms with Crippen LogP contribution in [0.1, 0.15) is 10.4 Å². The number of rotatable bonds is 5. The fourth-order valence-corrected chi connectivity index (χ4v) is 5.70. The van der Waals surface area contributed by atoms with Crippen molar-refractivity contribution in [1.29, 1.82) is 0 Å². The number of benzene rings is 2. The van der Waals surface area contributed by atoms with Gasteiger partial charge in [0.2, 0.25) is 5.91 Å². The van der Waals surface area contributed by atoms with E-state index in [-0.39, 0.29) is 17.8 Å². The lowest BCUT2D eigenvalue weighted by Crippen LogP contribution is -2.57. The van der Waals surface area contributed by atoms with Gasteiger partial charge in [0.15, 0.2) is 5.65 Å². The smallest absolute Gasteiger partial charge is 0.239 e. The van der Waals surface area contributed by atoms with Crippen molar-refractivity contribution in [2.75, 3.05) is 31.6 Å². The average Bonchev–Trinajstić information content (AvgIpc) is 3.53. The molecule has 1 N–H and O–H groups in total. The average molecular weight is 516 g/mol. The SMILES string of the molecule is Cc1ccc(-n2cc3c(N4CCN(C)C(C(=O)NCc5cc6ccccc6s5)C4)ncnc3n2)cc1F. The molecule has 1 fully saturated rings. The molecule has 1 amide bonds. The van der Waals surface area contributed by atoms with Crippen molar-refractivity contribution >= 4 is 44.2 Å². The highest BCUT2D eigenvalue weighted by molar-refractivity contribution is 7.19. The maximum absolute atomic E-state index is 14.2. The highest BCUT2D eigenvalue weighted by atomic mass is 32.1. The van der Waals surface area contributed by atoms with Gasteiger partial charge in [-0.05, 0) is 49.2 Å². The summed E-state index contributed by atoms with van der Waals surface area (Å²) in [6.07, 6.45) is 3.31. The first kappa shape index (κ1) is 23.5. The molecule has 0 aliphatic carbocycles. The van der Waals surface area contributed by atoms with Gasteiger partial charge in [-0.25, -0.2) is 19.0 Å². The number of thiophene rings is 1. The zero-order valence-corrected chi connectivity index (χ0v) is 21.4. The number of anilines is 1. The fourth-order valence-electron chi connectivity index (χ4n) is 4.70. The minimum Gasteiger partial charge on any atom is -0.353 e. The minimum atomic E-state index is -0.325. The molecule has 4 heterocycles. The number of piperazine rings is 1. The van der Waals surface area contributed by atoms with Gasteiger partial charge in [0.05, 0.1) is 17.6 Å². The van der Waals surface area contributed by atoms with Crippen LogP contribution in [0.5, 0.6) is 0 Å². The highest BCUT2D eigenvalue weighted by Crippen LogP contribution is 2.27. The summed E-state index contributed by atoms with van der Waals surface area (Å²) in [5, 5.41) is 9.62. The summed E-state index contributed by atoms with van der Waals surface area (Å²) in [7, 11) is 1.97. The molecular formula is C27H26FN7OS. The second-order valence-corrected chi connectivity index (χ2v) is 10.5. The number of nitrogens with one attached hydrogen (secondary N) is 1. The maximum atomic E-state index is 14.2. The van der Waals surface area contributed by atoms with Crippen molar-refractivity contribution in [2.45, 2.75) is 19.5 Å². The number of halogens is 1. The molecule has 0 spiro atoms. The van der Waals surface area contributed by atoms with Crippen LogP contribution in [-0.4, -0.2) is 63.3 Å². The molecule has 8 nitrogen and oxygen atoms in total. The van der Waals surface area contributed by atoms with Gasteiger partial charge >= 0.3 is 0 Å². The molecule has 37 heavy (non-hydrogen) atoms. The van der Waals surface area contributed by atoms with Gasteiger partial charge in [-0.3, -0.25) is 9.69 Å². The molecule has 1 atom stereocenters. The molecule has 1 aliphatic heterocycles. The number of aromatic nitrogens is 4. The molecule has 0 radical (unpaired) electrons. The summed E-state index contributed by atoms with van der Waals surface area (Å²) in [4.78, 5) is 27.4. The Labute approximate surface area is 217 Å². The normalized spacial score (nSPS) is 16.5. The van der Waals surface area contributed by atoms with E-state index in [1.807, 2.05) is 31.4 Å². The zero-order valence-electron chi connectivity index (χ0n) is 20.6. The Morgan fingerprint density at radius 2 is 2.03 bits per heavy atom. The molecule has 1 aliphatic rings. The third-order valence-electron chi connectivity index (χ3n) is 6.88. The summed E-state index contributed by atoms with van der Waals surface area (Å²) in [5.41, 5.74) is 1.72. The number of hydrogen-bond acceptors (Lipinski definition) is 7. The van der Waals surface area contributed by atoms with E-state index in [2.05, 4.69) is 48.4 Å². The van der Waals surface area contributed by atoms with Crippen molar-refractivity contribution in [3.63, 3.8) is 0 Å². The molecule has 3 aromatic heterocycles. The molecule has 1 saturated heterocycles. The van der Waals surface area contributed by atoms with Crippen LogP contribution in [0.25, 0.3) is 26.8 Å². The molecule has 2 aromatic carbocycles. The van der Waals surface area contributed by atoms with Gasteiger partial charge in [0, 0.05) is 35.4 Å². The van der Waals surface area contributed by atoms with Gasteiger partial charge in [-0.2, -0.15) is 0 Å². The van der Waals surface area contributed by atoms with E-state index in [0.29, 0.717) is 43.1 Å². The van der Waals surface area contributed by atoms with Crippen LogP contribution >= 0.6 is 11.3 Å². The van der Waals surface area contributed by atoms with Gasteiger partial charge in [0.25, 0.3) is 0 Å². The van der Waals surface area contributed by atoms with Crippen molar-refractivity contribution in [1.82, 2.24) is 30.0 Å². The molecule has 188 valence electrons. The Bertz CT molecular complexity index is 1580. The van der Waals surface area contributed by atoms with Gasteiger partial charge in [0.1, 0.15) is 24.0 Å². The second-order valence-electron chi connectivity index (χ2n) is 9.35. The van der Waals surface area contributed by atoms with Crippen LogP contribution in [0, 0.1) is 12.7 Å². The highest BCUT2D eigenvalue weighted by Gasteiger charge is 2.31. The largest absolute Gasteiger partial charge is 0.353 e. The van der Waals surface area contributed by atoms with Crippen molar-refractivity contribution in [3.05, 3.63) is 77.3 Å². The monoisotopic (exact) mass is 515 g/mol. The second kappa shape index (κ2) is 9.53.